The van der Waals surface area contributed by atoms with E-state index in [4.69, 9.17) is 26.7 Å². The van der Waals surface area contributed by atoms with Crippen LogP contribution < -0.4 is 9.73 Å². The molecule has 0 amide bonds. The van der Waals surface area contributed by atoms with Crippen LogP contribution in [0.3, 0.4) is 0 Å². The minimum absolute atomic E-state index is 0.122. The molecule has 0 radical (unpaired) electrons. The molecule has 1 N–H and O–H groups in total. The number of sulfonamides is 1. The molecule has 1 atom stereocenters. The predicted octanol–water partition coefficient (Wildman–Crippen LogP) is 6.68. The number of anilines is 2. The van der Waals surface area contributed by atoms with Crippen molar-refractivity contribution in [3.63, 3.8) is 0 Å². The van der Waals surface area contributed by atoms with Gasteiger partial charge < -0.3 is 0 Å². The van der Waals surface area contributed by atoms with E-state index in [0.29, 0.717) is 23.1 Å². The summed E-state index contributed by atoms with van der Waals surface area (Å²) in [5.74, 6) is 0.489. The fraction of sp³-hybridized carbons (Fsp3) is 0.100. The standard InChI is InChI=1S/C30H24ClN5O2S/c1-39(37,38)35-24-15-12-20(13-16-24)27-19-28(21-8-4-2-5-9-21)36(34-27)30-32-26-17-14-23(31)18-25(26)29(33-30)22-10-6-3-7-11-22/h2-18,28,35H,19H2,1H3. The summed E-state index contributed by atoms with van der Waals surface area (Å²) in [4.78, 5) is 9.94. The van der Waals surface area contributed by atoms with Crippen molar-refractivity contribution in [1.82, 2.24) is 9.97 Å². The number of benzene rings is 4. The number of nitrogens with one attached hydrogen (secondary N) is 1. The van der Waals surface area contributed by atoms with E-state index < -0.39 is 10.0 Å². The first-order valence-corrected chi connectivity index (χ1v) is 14.6. The molecule has 6 rings (SSSR count). The third kappa shape index (κ3) is 5.34. The molecule has 39 heavy (non-hydrogen) atoms. The molecule has 194 valence electrons. The second-order valence-corrected chi connectivity index (χ2v) is 11.6. The number of hydrogen-bond acceptors (Lipinski definition) is 6. The van der Waals surface area contributed by atoms with Gasteiger partial charge in [-0.15, -0.1) is 0 Å². The van der Waals surface area contributed by atoms with Gasteiger partial charge in [0, 0.05) is 28.1 Å². The van der Waals surface area contributed by atoms with Gasteiger partial charge in [-0.2, -0.15) is 5.10 Å². The highest BCUT2D eigenvalue weighted by molar-refractivity contribution is 7.92. The minimum Gasteiger partial charge on any atom is -0.284 e. The topological polar surface area (TPSA) is 87.5 Å². The lowest BCUT2D eigenvalue weighted by Crippen LogP contribution is -2.21. The fourth-order valence-corrected chi connectivity index (χ4v) is 5.49. The van der Waals surface area contributed by atoms with Crippen LogP contribution in [0.1, 0.15) is 23.6 Å². The number of nitrogens with zero attached hydrogens (tertiary/aromatic N) is 4. The zero-order valence-corrected chi connectivity index (χ0v) is 22.6. The van der Waals surface area contributed by atoms with Gasteiger partial charge in [-0.05, 0) is 41.5 Å². The van der Waals surface area contributed by atoms with Crippen LogP contribution >= 0.6 is 11.6 Å². The van der Waals surface area contributed by atoms with Crippen LogP contribution in [-0.2, 0) is 10.0 Å². The molecule has 9 heteroatoms. The normalized spacial score (nSPS) is 15.4. The Morgan fingerprint density at radius 3 is 2.23 bits per heavy atom. The number of aromatic nitrogens is 2. The quantitative estimate of drug-likeness (QED) is 0.253. The minimum atomic E-state index is -3.36. The number of hydrazone groups is 1. The first-order valence-electron chi connectivity index (χ1n) is 12.4. The molecule has 0 bridgehead atoms. The molecule has 1 aliphatic rings. The predicted molar refractivity (Wildman–Crippen MR) is 158 cm³/mol. The molecule has 0 spiro atoms. The van der Waals surface area contributed by atoms with Gasteiger partial charge in [-0.1, -0.05) is 84.4 Å². The number of fused-ring (bicyclic) bond motifs is 1. The smallest absolute Gasteiger partial charge is 0.247 e. The average Bonchev–Trinajstić information content (AvgIpc) is 3.39. The van der Waals surface area contributed by atoms with Gasteiger partial charge in [0.05, 0.1) is 29.2 Å². The van der Waals surface area contributed by atoms with Gasteiger partial charge in [0.15, 0.2) is 0 Å². The van der Waals surface area contributed by atoms with Gasteiger partial charge in [-0.3, -0.25) is 4.72 Å². The van der Waals surface area contributed by atoms with Crippen molar-refractivity contribution in [2.45, 2.75) is 12.5 Å². The lowest BCUT2D eigenvalue weighted by molar-refractivity contribution is 0.607. The van der Waals surface area contributed by atoms with Crippen LogP contribution in [0.15, 0.2) is 108 Å². The Hall–Kier alpha value is -4.27. The molecule has 0 saturated heterocycles. The van der Waals surface area contributed by atoms with Crippen molar-refractivity contribution >= 4 is 49.9 Å². The number of rotatable bonds is 6. The van der Waals surface area contributed by atoms with Crippen molar-refractivity contribution < 1.29 is 8.42 Å². The van der Waals surface area contributed by atoms with Crippen LogP contribution in [0, 0.1) is 0 Å². The molecule has 0 saturated carbocycles. The van der Waals surface area contributed by atoms with E-state index in [2.05, 4.69) is 16.9 Å². The molecule has 1 aromatic heterocycles. The van der Waals surface area contributed by atoms with Crippen molar-refractivity contribution in [2.75, 3.05) is 16.0 Å². The summed E-state index contributed by atoms with van der Waals surface area (Å²) in [7, 11) is -3.36. The lowest BCUT2D eigenvalue weighted by atomic mass is 9.98. The van der Waals surface area contributed by atoms with Crippen molar-refractivity contribution in [1.29, 1.82) is 0 Å². The Morgan fingerprint density at radius 1 is 0.846 bits per heavy atom. The summed E-state index contributed by atoms with van der Waals surface area (Å²) in [5, 5.41) is 8.38. The zero-order valence-electron chi connectivity index (χ0n) is 21.0. The van der Waals surface area contributed by atoms with Crippen LogP contribution in [-0.4, -0.2) is 30.4 Å². The van der Waals surface area contributed by atoms with E-state index >= 15 is 0 Å². The van der Waals surface area contributed by atoms with Crippen LogP contribution in [0.4, 0.5) is 11.6 Å². The Bertz CT molecular complexity index is 1800. The van der Waals surface area contributed by atoms with E-state index in [0.717, 1.165) is 45.3 Å². The van der Waals surface area contributed by atoms with Gasteiger partial charge >= 0.3 is 0 Å². The first kappa shape index (κ1) is 25.0. The van der Waals surface area contributed by atoms with Crippen LogP contribution in [0.25, 0.3) is 22.2 Å². The maximum Gasteiger partial charge on any atom is 0.247 e. The average molecular weight is 554 g/mol. The maximum atomic E-state index is 11.6. The molecule has 2 heterocycles. The zero-order chi connectivity index (χ0) is 27.0. The molecular formula is C30H24ClN5O2S. The Kier molecular flexibility index (Phi) is 6.50. The molecular weight excluding hydrogens is 530 g/mol. The lowest BCUT2D eigenvalue weighted by Gasteiger charge is -2.23. The molecule has 0 aliphatic carbocycles. The van der Waals surface area contributed by atoms with E-state index in [1.54, 1.807) is 12.1 Å². The van der Waals surface area contributed by atoms with E-state index in [-0.39, 0.29) is 6.04 Å². The maximum absolute atomic E-state index is 11.6. The third-order valence-corrected chi connectivity index (χ3v) is 7.36. The van der Waals surface area contributed by atoms with Crippen LogP contribution in [0.5, 0.6) is 0 Å². The SMILES string of the molecule is CS(=O)(=O)Nc1ccc(C2=NN(c3nc(-c4ccccc4)c4cc(Cl)ccc4n3)C(c3ccccc3)C2)cc1. The summed E-state index contributed by atoms with van der Waals surface area (Å²) in [6.07, 6.45) is 1.76. The van der Waals surface area contributed by atoms with Crippen LogP contribution in [0.2, 0.25) is 5.02 Å². The molecule has 7 nitrogen and oxygen atoms in total. The van der Waals surface area contributed by atoms with Crippen molar-refractivity contribution in [2.24, 2.45) is 5.10 Å². The van der Waals surface area contributed by atoms with E-state index in [1.165, 1.54) is 0 Å². The molecule has 1 unspecified atom stereocenters. The summed E-state index contributed by atoms with van der Waals surface area (Å²) >= 11 is 6.36. The Balaban J connectivity index is 1.47. The largest absolute Gasteiger partial charge is 0.284 e. The Morgan fingerprint density at radius 2 is 1.54 bits per heavy atom. The van der Waals surface area contributed by atoms with Gasteiger partial charge in [0.1, 0.15) is 0 Å². The summed E-state index contributed by atoms with van der Waals surface area (Å²) < 4.78 is 25.7. The second-order valence-electron chi connectivity index (χ2n) is 9.37. The summed E-state index contributed by atoms with van der Waals surface area (Å²) in [6.45, 7) is 0. The Labute approximate surface area is 231 Å². The highest BCUT2D eigenvalue weighted by Crippen LogP contribution is 2.38. The van der Waals surface area contributed by atoms with Gasteiger partial charge in [0.2, 0.25) is 16.0 Å². The highest BCUT2D eigenvalue weighted by Gasteiger charge is 2.32. The number of hydrogen-bond donors (Lipinski definition) is 1. The molecule has 5 aromatic rings. The summed E-state index contributed by atoms with van der Waals surface area (Å²) in [5.41, 5.74) is 5.86. The second kappa shape index (κ2) is 10.1. The van der Waals surface area contributed by atoms with E-state index in [1.807, 2.05) is 83.9 Å². The highest BCUT2D eigenvalue weighted by atomic mass is 35.5. The fourth-order valence-electron chi connectivity index (χ4n) is 4.76. The van der Waals surface area contributed by atoms with Gasteiger partial charge in [-0.25, -0.2) is 23.4 Å². The van der Waals surface area contributed by atoms with Crippen molar-refractivity contribution in [3.05, 3.63) is 119 Å². The van der Waals surface area contributed by atoms with E-state index in [9.17, 15) is 8.42 Å². The molecule has 1 aliphatic heterocycles. The van der Waals surface area contributed by atoms with Gasteiger partial charge in [0.25, 0.3) is 0 Å². The van der Waals surface area contributed by atoms with Crippen molar-refractivity contribution in [3.8, 4) is 11.3 Å². The molecule has 4 aromatic carbocycles. The monoisotopic (exact) mass is 553 g/mol. The summed E-state index contributed by atoms with van der Waals surface area (Å²) in [6, 6.07) is 32.9. The third-order valence-electron chi connectivity index (χ3n) is 6.51. The first-order chi connectivity index (χ1) is 18.8. The molecule has 0 fully saturated rings. The number of halogens is 1.